The van der Waals surface area contributed by atoms with Crippen LogP contribution in [-0.2, 0) is 4.79 Å². The Morgan fingerprint density at radius 2 is 2.19 bits per heavy atom. The number of aromatic nitrogens is 2. The van der Waals surface area contributed by atoms with Crippen LogP contribution < -0.4 is 10.6 Å². The molecule has 0 aromatic carbocycles. The number of imidazole rings is 1. The van der Waals surface area contributed by atoms with E-state index in [9.17, 15) is 4.79 Å². The predicted octanol–water partition coefficient (Wildman–Crippen LogP) is 2.93. The lowest BCUT2D eigenvalue weighted by atomic mass is 9.78. The largest absolute Gasteiger partial charge is 0.370 e. The van der Waals surface area contributed by atoms with E-state index >= 15 is 0 Å². The Labute approximate surface area is 127 Å². The Morgan fingerprint density at radius 3 is 2.81 bits per heavy atom. The number of carbonyl (C=O) groups excluding carboxylic acids is 1. The number of hydrogen-bond donors (Lipinski definition) is 3. The summed E-state index contributed by atoms with van der Waals surface area (Å²) < 4.78 is 0. The van der Waals surface area contributed by atoms with Gasteiger partial charge >= 0.3 is 0 Å². The number of anilines is 1. The third-order valence-corrected chi connectivity index (χ3v) is 4.75. The van der Waals surface area contributed by atoms with E-state index in [1.165, 1.54) is 19.3 Å². The summed E-state index contributed by atoms with van der Waals surface area (Å²) in [6.45, 7) is 5.26. The van der Waals surface area contributed by atoms with Crippen LogP contribution in [0.1, 0.15) is 52.4 Å². The van der Waals surface area contributed by atoms with Gasteiger partial charge in [-0.3, -0.25) is 4.79 Å². The molecule has 1 amide bonds. The van der Waals surface area contributed by atoms with Gasteiger partial charge in [0.25, 0.3) is 0 Å². The topological polar surface area (TPSA) is 69.8 Å². The number of carbonyl (C=O) groups is 1. The van der Waals surface area contributed by atoms with E-state index in [1.807, 2.05) is 0 Å². The Balaban J connectivity index is 1.60. The van der Waals surface area contributed by atoms with E-state index < -0.39 is 0 Å². The molecule has 0 radical (unpaired) electrons. The van der Waals surface area contributed by atoms with Gasteiger partial charge in [0.15, 0.2) is 0 Å². The summed E-state index contributed by atoms with van der Waals surface area (Å²) in [6, 6.07) is 0.380. The van der Waals surface area contributed by atoms with Crippen molar-refractivity contribution >= 4 is 11.7 Å². The molecule has 1 fully saturated rings. The van der Waals surface area contributed by atoms with Gasteiger partial charge in [-0.25, -0.2) is 4.98 Å². The van der Waals surface area contributed by atoms with Crippen LogP contribution in [0, 0.1) is 11.8 Å². The van der Waals surface area contributed by atoms with Gasteiger partial charge in [-0.15, -0.1) is 0 Å². The van der Waals surface area contributed by atoms with Gasteiger partial charge in [0.2, 0.25) is 5.91 Å². The number of H-pyrrole nitrogens is 1. The molecule has 1 aliphatic carbocycles. The molecule has 5 nitrogen and oxygen atoms in total. The van der Waals surface area contributed by atoms with Crippen molar-refractivity contribution in [1.29, 1.82) is 0 Å². The zero-order valence-electron chi connectivity index (χ0n) is 13.2. The second kappa shape index (κ2) is 8.05. The van der Waals surface area contributed by atoms with Crippen LogP contribution in [0.4, 0.5) is 5.82 Å². The Morgan fingerprint density at radius 1 is 1.43 bits per heavy atom. The molecule has 1 aliphatic rings. The fourth-order valence-corrected chi connectivity index (χ4v) is 3.13. The normalized spacial score (nSPS) is 23.5. The molecule has 1 heterocycles. The molecule has 3 N–H and O–H groups in total. The number of hydrogen-bond acceptors (Lipinski definition) is 3. The van der Waals surface area contributed by atoms with Crippen LogP contribution in [0.15, 0.2) is 12.5 Å². The minimum atomic E-state index is 0.147. The fourth-order valence-electron chi connectivity index (χ4n) is 3.13. The number of nitrogens with one attached hydrogen (secondary N) is 3. The van der Waals surface area contributed by atoms with Crippen molar-refractivity contribution in [2.24, 2.45) is 11.8 Å². The summed E-state index contributed by atoms with van der Waals surface area (Å²) in [4.78, 5) is 18.8. The Hall–Kier alpha value is -1.52. The average molecular weight is 292 g/mol. The summed E-state index contributed by atoms with van der Waals surface area (Å²) in [5.41, 5.74) is 0. The molecule has 1 saturated carbocycles. The van der Waals surface area contributed by atoms with Gasteiger partial charge in [-0.1, -0.05) is 20.3 Å². The molecule has 0 aliphatic heterocycles. The van der Waals surface area contributed by atoms with Crippen LogP contribution in [0.2, 0.25) is 0 Å². The third kappa shape index (κ3) is 5.06. The standard InChI is InChI=1S/C16H28N4O/c1-3-12(2)13-4-6-14(7-5-13)20-16(21)8-9-18-15-10-17-11-19-15/h10-14,18H,3-9H2,1-2H3,(H,17,19)(H,20,21). The molecule has 0 bridgehead atoms. The average Bonchev–Trinajstić information content (AvgIpc) is 3.00. The highest BCUT2D eigenvalue weighted by molar-refractivity contribution is 5.76. The van der Waals surface area contributed by atoms with E-state index in [1.54, 1.807) is 12.5 Å². The van der Waals surface area contributed by atoms with Crippen LogP contribution in [-0.4, -0.2) is 28.5 Å². The van der Waals surface area contributed by atoms with E-state index in [0.29, 0.717) is 19.0 Å². The van der Waals surface area contributed by atoms with Gasteiger partial charge in [0.05, 0.1) is 12.5 Å². The van der Waals surface area contributed by atoms with Crippen molar-refractivity contribution < 1.29 is 4.79 Å². The van der Waals surface area contributed by atoms with Gasteiger partial charge in [-0.2, -0.15) is 0 Å². The zero-order chi connectivity index (χ0) is 15.1. The zero-order valence-corrected chi connectivity index (χ0v) is 13.2. The highest BCUT2D eigenvalue weighted by Crippen LogP contribution is 2.31. The maximum atomic E-state index is 11.9. The van der Waals surface area contributed by atoms with E-state index in [4.69, 9.17) is 0 Å². The third-order valence-electron chi connectivity index (χ3n) is 4.75. The van der Waals surface area contributed by atoms with Crippen molar-refractivity contribution in [3.05, 3.63) is 12.5 Å². The maximum absolute atomic E-state index is 11.9. The Kier molecular flexibility index (Phi) is 6.08. The first-order valence-corrected chi connectivity index (χ1v) is 8.20. The minimum Gasteiger partial charge on any atom is -0.370 e. The quantitative estimate of drug-likeness (QED) is 0.723. The number of amides is 1. The fraction of sp³-hybridized carbons (Fsp3) is 0.750. The van der Waals surface area contributed by atoms with E-state index in [0.717, 1.165) is 30.5 Å². The molecule has 0 spiro atoms. The SMILES string of the molecule is CCC(C)C1CCC(NC(=O)CCNc2cnc[nH]2)CC1. The molecular weight excluding hydrogens is 264 g/mol. The Bertz CT molecular complexity index is 410. The predicted molar refractivity (Wildman–Crippen MR) is 85.0 cm³/mol. The second-order valence-electron chi connectivity index (χ2n) is 6.21. The highest BCUT2D eigenvalue weighted by Gasteiger charge is 2.25. The molecule has 1 atom stereocenters. The molecule has 0 saturated heterocycles. The van der Waals surface area contributed by atoms with Crippen LogP contribution in [0.3, 0.4) is 0 Å². The smallest absolute Gasteiger partial charge is 0.221 e. The first kappa shape index (κ1) is 15.9. The first-order chi connectivity index (χ1) is 10.2. The van der Waals surface area contributed by atoms with Crippen LogP contribution in [0.25, 0.3) is 0 Å². The summed E-state index contributed by atoms with van der Waals surface area (Å²) in [5, 5.41) is 6.32. The summed E-state index contributed by atoms with van der Waals surface area (Å²) in [6.07, 6.45) is 9.89. The van der Waals surface area contributed by atoms with E-state index in [-0.39, 0.29) is 5.91 Å². The first-order valence-electron chi connectivity index (χ1n) is 8.20. The van der Waals surface area contributed by atoms with Crippen molar-refractivity contribution in [1.82, 2.24) is 15.3 Å². The monoisotopic (exact) mass is 292 g/mol. The lowest BCUT2D eigenvalue weighted by molar-refractivity contribution is -0.121. The van der Waals surface area contributed by atoms with Gasteiger partial charge in [0, 0.05) is 19.0 Å². The minimum absolute atomic E-state index is 0.147. The molecule has 21 heavy (non-hydrogen) atoms. The highest BCUT2D eigenvalue weighted by atomic mass is 16.1. The molecule has 2 rings (SSSR count). The number of aromatic amines is 1. The number of nitrogens with zero attached hydrogens (tertiary/aromatic N) is 1. The van der Waals surface area contributed by atoms with Crippen LogP contribution >= 0.6 is 0 Å². The lowest BCUT2D eigenvalue weighted by Gasteiger charge is -2.32. The molecule has 1 aromatic heterocycles. The summed E-state index contributed by atoms with van der Waals surface area (Å²) >= 11 is 0. The summed E-state index contributed by atoms with van der Waals surface area (Å²) in [7, 11) is 0. The molecular formula is C16H28N4O. The lowest BCUT2D eigenvalue weighted by Crippen LogP contribution is -2.39. The van der Waals surface area contributed by atoms with E-state index in [2.05, 4.69) is 34.4 Å². The molecule has 1 unspecified atom stereocenters. The summed E-state index contributed by atoms with van der Waals surface area (Å²) in [5.74, 6) is 2.68. The molecule has 1 aromatic rings. The van der Waals surface area contributed by atoms with Crippen molar-refractivity contribution in [2.45, 2.75) is 58.4 Å². The van der Waals surface area contributed by atoms with Crippen molar-refractivity contribution in [2.75, 3.05) is 11.9 Å². The maximum Gasteiger partial charge on any atom is 0.221 e. The van der Waals surface area contributed by atoms with Crippen molar-refractivity contribution in [3.63, 3.8) is 0 Å². The molecule has 5 heteroatoms. The second-order valence-corrected chi connectivity index (χ2v) is 6.21. The van der Waals surface area contributed by atoms with Gasteiger partial charge in [0.1, 0.15) is 5.82 Å². The van der Waals surface area contributed by atoms with Crippen molar-refractivity contribution in [3.8, 4) is 0 Å². The van der Waals surface area contributed by atoms with Crippen LogP contribution in [0.5, 0.6) is 0 Å². The van der Waals surface area contributed by atoms with Gasteiger partial charge < -0.3 is 15.6 Å². The molecule has 118 valence electrons. The number of rotatable bonds is 7. The van der Waals surface area contributed by atoms with Gasteiger partial charge in [-0.05, 0) is 37.5 Å².